The lowest BCUT2D eigenvalue weighted by Gasteiger charge is -2.09. The summed E-state index contributed by atoms with van der Waals surface area (Å²) in [6.45, 7) is 2.51. The Labute approximate surface area is 155 Å². The number of carbonyl (C=O) groups is 1. The smallest absolute Gasteiger partial charge is 0.236 e. The van der Waals surface area contributed by atoms with Crippen LogP contribution in [0.25, 0.3) is 11.2 Å². The van der Waals surface area contributed by atoms with Crippen molar-refractivity contribution in [1.29, 1.82) is 5.26 Å². The summed E-state index contributed by atoms with van der Waals surface area (Å²) in [7, 11) is 0. The zero-order chi connectivity index (χ0) is 19.2. The Morgan fingerprint density at radius 2 is 2.22 bits per heavy atom. The van der Waals surface area contributed by atoms with Gasteiger partial charge in [-0.15, -0.1) is 0 Å². The van der Waals surface area contributed by atoms with E-state index in [4.69, 9.17) is 5.11 Å². The molecule has 0 fully saturated rings. The van der Waals surface area contributed by atoms with Gasteiger partial charge in [0.1, 0.15) is 6.07 Å². The maximum absolute atomic E-state index is 11.2. The Kier molecular flexibility index (Phi) is 5.58. The molecular formula is C18H19N7O2. The van der Waals surface area contributed by atoms with Gasteiger partial charge >= 0.3 is 0 Å². The molecule has 0 spiro atoms. The average Bonchev–Trinajstić information content (AvgIpc) is 3.07. The zero-order valence-corrected chi connectivity index (χ0v) is 14.8. The fraction of sp³-hybridized carbons (Fsp3) is 0.278. The Morgan fingerprint density at radius 3 is 2.96 bits per heavy atom. The Morgan fingerprint density at radius 1 is 1.37 bits per heavy atom. The van der Waals surface area contributed by atoms with Gasteiger partial charge in [0.2, 0.25) is 11.7 Å². The lowest BCUT2D eigenvalue weighted by molar-refractivity contribution is -0.114. The second-order valence-corrected chi connectivity index (χ2v) is 5.93. The van der Waals surface area contributed by atoms with Crippen LogP contribution in [0, 0.1) is 11.3 Å². The van der Waals surface area contributed by atoms with Gasteiger partial charge in [0, 0.05) is 32.3 Å². The van der Waals surface area contributed by atoms with Crippen LogP contribution in [0.5, 0.6) is 0 Å². The van der Waals surface area contributed by atoms with E-state index in [0.717, 1.165) is 5.56 Å². The van der Waals surface area contributed by atoms with E-state index in [1.165, 1.54) is 6.92 Å². The third-order valence-electron chi connectivity index (χ3n) is 3.83. The van der Waals surface area contributed by atoms with E-state index < -0.39 is 0 Å². The SMILES string of the molecule is CC(=O)Nc1cccc(CNc2nc(C#N)nc3c2ncn3CCCO)c1. The van der Waals surface area contributed by atoms with Crippen LogP contribution >= 0.6 is 0 Å². The van der Waals surface area contributed by atoms with Gasteiger partial charge < -0.3 is 20.3 Å². The molecule has 0 radical (unpaired) electrons. The number of amides is 1. The van der Waals surface area contributed by atoms with Crippen molar-refractivity contribution < 1.29 is 9.90 Å². The molecule has 138 valence electrons. The summed E-state index contributed by atoms with van der Waals surface area (Å²) < 4.78 is 1.79. The highest BCUT2D eigenvalue weighted by molar-refractivity contribution is 5.88. The van der Waals surface area contributed by atoms with Crippen molar-refractivity contribution in [1.82, 2.24) is 19.5 Å². The molecule has 1 aromatic carbocycles. The number of aromatic nitrogens is 4. The van der Waals surface area contributed by atoms with E-state index in [0.29, 0.717) is 42.2 Å². The summed E-state index contributed by atoms with van der Waals surface area (Å²) in [5.74, 6) is 0.372. The van der Waals surface area contributed by atoms with E-state index in [-0.39, 0.29) is 18.3 Å². The standard InChI is InChI=1S/C18H19N7O2/c1-12(27)22-14-5-2-4-13(8-14)10-20-17-16-18(24-15(9-19)23-17)25(11-21-16)6-3-7-26/h2,4-5,8,11,26H,3,6-7,10H2,1H3,(H,22,27)(H,20,23,24). The highest BCUT2D eigenvalue weighted by atomic mass is 16.3. The number of hydrogen-bond acceptors (Lipinski definition) is 7. The normalized spacial score (nSPS) is 10.6. The van der Waals surface area contributed by atoms with Crippen LogP contribution < -0.4 is 10.6 Å². The summed E-state index contributed by atoms with van der Waals surface area (Å²) in [4.78, 5) is 24.0. The molecule has 0 aliphatic carbocycles. The first-order valence-electron chi connectivity index (χ1n) is 8.45. The molecule has 0 bridgehead atoms. The van der Waals surface area contributed by atoms with E-state index in [1.807, 2.05) is 30.3 Å². The van der Waals surface area contributed by atoms with Crippen LogP contribution in [0.15, 0.2) is 30.6 Å². The molecule has 3 N–H and O–H groups in total. The van der Waals surface area contributed by atoms with Gasteiger partial charge in [-0.05, 0) is 24.1 Å². The lowest BCUT2D eigenvalue weighted by atomic mass is 10.2. The summed E-state index contributed by atoms with van der Waals surface area (Å²) in [6, 6.07) is 9.40. The minimum Gasteiger partial charge on any atom is -0.396 e. The van der Waals surface area contributed by atoms with Gasteiger partial charge in [0.25, 0.3) is 0 Å². The first kappa shape index (κ1) is 18.3. The monoisotopic (exact) mass is 365 g/mol. The Bertz CT molecular complexity index is 1010. The number of benzene rings is 1. The molecule has 0 aliphatic heterocycles. The molecule has 9 heteroatoms. The first-order chi connectivity index (χ1) is 13.1. The molecule has 0 unspecified atom stereocenters. The number of anilines is 2. The number of nitrogens with zero attached hydrogens (tertiary/aromatic N) is 5. The number of imidazole rings is 1. The number of nitriles is 1. The molecule has 3 aromatic rings. The molecule has 0 saturated heterocycles. The molecule has 27 heavy (non-hydrogen) atoms. The van der Waals surface area contributed by atoms with Crippen molar-refractivity contribution in [2.45, 2.75) is 26.4 Å². The number of carbonyl (C=O) groups excluding carboxylic acids is 1. The predicted molar refractivity (Wildman–Crippen MR) is 99.8 cm³/mol. The van der Waals surface area contributed by atoms with Crippen LogP contribution in [-0.4, -0.2) is 37.1 Å². The van der Waals surface area contributed by atoms with E-state index in [1.54, 1.807) is 10.9 Å². The predicted octanol–water partition coefficient (Wildman–Crippen LogP) is 1.65. The maximum Gasteiger partial charge on any atom is 0.236 e. The Balaban J connectivity index is 1.85. The van der Waals surface area contributed by atoms with Gasteiger partial charge in [0.05, 0.1) is 6.33 Å². The van der Waals surface area contributed by atoms with E-state index >= 15 is 0 Å². The number of rotatable bonds is 7. The number of fused-ring (bicyclic) bond motifs is 1. The second-order valence-electron chi connectivity index (χ2n) is 5.93. The maximum atomic E-state index is 11.2. The lowest BCUT2D eigenvalue weighted by Crippen LogP contribution is -2.08. The van der Waals surface area contributed by atoms with Gasteiger partial charge in [-0.3, -0.25) is 4.79 Å². The van der Waals surface area contributed by atoms with Gasteiger partial charge in [0.15, 0.2) is 17.0 Å². The van der Waals surface area contributed by atoms with Crippen LogP contribution in [0.4, 0.5) is 11.5 Å². The molecular weight excluding hydrogens is 346 g/mol. The van der Waals surface area contributed by atoms with Crippen molar-refractivity contribution >= 4 is 28.6 Å². The second kappa shape index (κ2) is 8.25. The highest BCUT2D eigenvalue weighted by Crippen LogP contribution is 2.20. The fourth-order valence-corrected chi connectivity index (χ4v) is 2.67. The molecule has 3 rings (SSSR count). The van der Waals surface area contributed by atoms with Crippen LogP contribution in [0.1, 0.15) is 24.7 Å². The van der Waals surface area contributed by atoms with E-state index in [2.05, 4.69) is 25.6 Å². The summed E-state index contributed by atoms with van der Waals surface area (Å²) in [5.41, 5.74) is 2.75. The number of aliphatic hydroxyl groups is 1. The molecule has 0 aliphatic rings. The first-order valence-corrected chi connectivity index (χ1v) is 8.45. The number of aliphatic hydroxyl groups excluding tert-OH is 1. The van der Waals surface area contributed by atoms with Gasteiger partial charge in [-0.1, -0.05) is 12.1 Å². The Hall–Kier alpha value is -3.51. The van der Waals surface area contributed by atoms with Crippen LogP contribution in [0.2, 0.25) is 0 Å². The van der Waals surface area contributed by atoms with Crippen LogP contribution in [0.3, 0.4) is 0 Å². The molecule has 0 atom stereocenters. The van der Waals surface area contributed by atoms with Crippen molar-refractivity contribution in [3.05, 3.63) is 42.0 Å². The molecule has 2 heterocycles. The number of nitrogens with one attached hydrogen (secondary N) is 2. The molecule has 2 aromatic heterocycles. The molecule has 0 saturated carbocycles. The number of aryl methyl sites for hydroxylation is 1. The highest BCUT2D eigenvalue weighted by Gasteiger charge is 2.13. The third-order valence-corrected chi connectivity index (χ3v) is 3.83. The van der Waals surface area contributed by atoms with E-state index in [9.17, 15) is 10.1 Å². The topological polar surface area (TPSA) is 129 Å². The zero-order valence-electron chi connectivity index (χ0n) is 14.8. The number of hydrogen-bond donors (Lipinski definition) is 3. The van der Waals surface area contributed by atoms with Crippen molar-refractivity contribution in [2.75, 3.05) is 17.2 Å². The summed E-state index contributed by atoms with van der Waals surface area (Å²) in [5, 5.41) is 24.2. The van der Waals surface area contributed by atoms with Crippen molar-refractivity contribution in [3.63, 3.8) is 0 Å². The fourth-order valence-electron chi connectivity index (χ4n) is 2.67. The quantitative estimate of drug-likeness (QED) is 0.580. The van der Waals surface area contributed by atoms with Crippen molar-refractivity contribution in [2.24, 2.45) is 0 Å². The van der Waals surface area contributed by atoms with Crippen molar-refractivity contribution in [3.8, 4) is 6.07 Å². The average molecular weight is 365 g/mol. The summed E-state index contributed by atoms with van der Waals surface area (Å²) >= 11 is 0. The minimum atomic E-state index is -0.135. The molecule has 9 nitrogen and oxygen atoms in total. The molecule has 1 amide bonds. The minimum absolute atomic E-state index is 0.0442. The van der Waals surface area contributed by atoms with Crippen LogP contribution in [-0.2, 0) is 17.9 Å². The van der Waals surface area contributed by atoms with Gasteiger partial charge in [-0.2, -0.15) is 15.2 Å². The third kappa shape index (κ3) is 4.37. The largest absolute Gasteiger partial charge is 0.396 e. The van der Waals surface area contributed by atoms with Gasteiger partial charge in [-0.25, -0.2) is 4.98 Å². The summed E-state index contributed by atoms with van der Waals surface area (Å²) in [6.07, 6.45) is 2.19.